The molecule has 0 N–H and O–H groups in total. The van der Waals surface area contributed by atoms with Crippen molar-refractivity contribution in [3.05, 3.63) is 71.8 Å². The molecular weight excluding hydrogens is 769 g/mol. The molecule has 0 saturated carbocycles. The molecular formula is C40H66O11Si4. The van der Waals surface area contributed by atoms with Crippen molar-refractivity contribution in [2.45, 2.75) is 104 Å². The predicted octanol–water partition coefficient (Wildman–Crippen LogP) is 8.57. The van der Waals surface area contributed by atoms with E-state index in [4.69, 9.17) is 31.3 Å². The van der Waals surface area contributed by atoms with Gasteiger partial charge in [0.05, 0.1) is 26.4 Å². The summed E-state index contributed by atoms with van der Waals surface area (Å²) in [6.45, 7) is 23.4. The number of benzene rings is 2. The SMILES string of the molecule is CCC(COCCC[Si](C)(O[Si](C)(C)C)O[Si](C)(CCCOCC(CC)COC(=O)C(=O)c1ccccc1)O[Si](C)(C)C)COC(=O)C(=O)c1ccccc1. The van der Waals surface area contributed by atoms with E-state index in [2.05, 4.69) is 52.4 Å². The highest BCUT2D eigenvalue weighted by Crippen LogP contribution is 2.31. The molecule has 2 aromatic carbocycles. The number of carbonyl (C=O) groups excluding carboxylic acids is 4. The summed E-state index contributed by atoms with van der Waals surface area (Å²) in [6.07, 6.45) is 2.98. The average molecular weight is 835 g/mol. The molecule has 0 heterocycles. The van der Waals surface area contributed by atoms with Crippen LogP contribution >= 0.6 is 0 Å². The van der Waals surface area contributed by atoms with Crippen LogP contribution < -0.4 is 0 Å². The summed E-state index contributed by atoms with van der Waals surface area (Å²) in [4.78, 5) is 49.4. The van der Waals surface area contributed by atoms with E-state index in [0.717, 1.165) is 37.8 Å². The molecule has 11 nitrogen and oxygen atoms in total. The third-order valence-electron chi connectivity index (χ3n) is 8.52. The van der Waals surface area contributed by atoms with Crippen LogP contribution in [0.2, 0.25) is 64.5 Å². The van der Waals surface area contributed by atoms with Gasteiger partial charge in [-0.1, -0.05) is 74.5 Å². The lowest BCUT2D eigenvalue weighted by atomic mass is 10.1. The highest BCUT2D eigenvalue weighted by atomic mass is 28.5. The van der Waals surface area contributed by atoms with Crippen LogP contribution in [-0.2, 0) is 40.9 Å². The molecule has 0 bridgehead atoms. The summed E-state index contributed by atoms with van der Waals surface area (Å²) >= 11 is 0. The van der Waals surface area contributed by atoms with E-state index < -0.39 is 57.3 Å². The second kappa shape index (κ2) is 23.6. The molecule has 0 aromatic heterocycles. The van der Waals surface area contributed by atoms with Crippen molar-refractivity contribution in [1.29, 1.82) is 0 Å². The second-order valence-electron chi connectivity index (χ2n) is 16.3. The average Bonchev–Trinajstić information content (AvgIpc) is 3.11. The van der Waals surface area contributed by atoms with Gasteiger partial charge in [-0.05, 0) is 90.1 Å². The number of hydrogen-bond acceptors (Lipinski definition) is 11. The number of carbonyl (C=O) groups is 4. The van der Waals surface area contributed by atoms with E-state index >= 15 is 0 Å². The van der Waals surface area contributed by atoms with Crippen LogP contribution in [0.1, 0.15) is 60.2 Å². The fourth-order valence-electron chi connectivity index (χ4n) is 5.99. The molecule has 4 atom stereocenters. The Morgan fingerprint density at radius 1 is 0.509 bits per heavy atom. The lowest BCUT2D eigenvalue weighted by Crippen LogP contribution is -2.58. The summed E-state index contributed by atoms with van der Waals surface area (Å²) in [5, 5.41) is 0. The highest BCUT2D eigenvalue weighted by molar-refractivity contribution is 6.89. The van der Waals surface area contributed by atoms with Gasteiger partial charge in [0.1, 0.15) is 0 Å². The number of ether oxygens (including phenoxy) is 4. The maximum Gasteiger partial charge on any atom is 0.379 e. The smallest absolute Gasteiger partial charge is 0.379 e. The molecule has 308 valence electrons. The zero-order valence-electron chi connectivity index (χ0n) is 34.9. The quantitative estimate of drug-likeness (QED) is 0.0269. The van der Waals surface area contributed by atoms with Gasteiger partial charge in [-0.3, -0.25) is 9.59 Å². The Hall–Kier alpha value is -2.61. The zero-order chi connectivity index (χ0) is 41.1. The molecule has 15 heteroatoms. The highest BCUT2D eigenvalue weighted by Gasteiger charge is 2.46. The molecule has 0 saturated heterocycles. The van der Waals surface area contributed by atoms with Gasteiger partial charge >= 0.3 is 29.1 Å². The largest absolute Gasteiger partial charge is 0.459 e. The van der Waals surface area contributed by atoms with E-state index in [1.807, 2.05) is 13.8 Å². The Morgan fingerprint density at radius 3 is 1.16 bits per heavy atom. The lowest BCUT2D eigenvalue weighted by molar-refractivity contribution is -0.140. The van der Waals surface area contributed by atoms with Crippen molar-refractivity contribution in [2.24, 2.45) is 11.8 Å². The Labute approximate surface area is 333 Å². The van der Waals surface area contributed by atoms with Crippen LogP contribution in [0.3, 0.4) is 0 Å². The van der Waals surface area contributed by atoms with Gasteiger partial charge in [0.15, 0.2) is 16.6 Å². The molecule has 0 amide bonds. The maximum absolute atomic E-state index is 12.4. The zero-order valence-corrected chi connectivity index (χ0v) is 38.9. The standard InChI is InChI=1S/C40H66O11Si4/c1-11-33(31-47-39(43)37(41)35-21-15-13-16-22-35)29-45-25-19-27-54(9,49-52(3,4)5)51-55(10,50-53(6,7)8)28-20-26-46-30-34(12-2)32-48-40(44)38(42)36-23-17-14-18-24-36/h13-18,21-24,33-34H,11-12,19-20,25-32H2,1-10H3. The Morgan fingerprint density at radius 2 is 0.855 bits per heavy atom. The maximum atomic E-state index is 12.4. The van der Waals surface area contributed by atoms with Gasteiger partial charge < -0.3 is 31.3 Å². The fourth-order valence-corrected chi connectivity index (χ4v) is 24.3. The third kappa shape index (κ3) is 19.9. The topological polar surface area (TPSA) is 133 Å². The molecule has 0 aliphatic rings. The number of esters is 2. The Bertz CT molecular complexity index is 1360. The van der Waals surface area contributed by atoms with Crippen LogP contribution in [-0.4, -0.2) is 96.9 Å². The minimum absolute atomic E-state index is 0.0276. The number of hydrogen-bond donors (Lipinski definition) is 0. The van der Waals surface area contributed by atoms with Crippen LogP contribution in [0.15, 0.2) is 60.7 Å². The Balaban J connectivity index is 1.90. The van der Waals surface area contributed by atoms with E-state index in [0.29, 0.717) is 37.6 Å². The summed E-state index contributed by atoms with van der Waals surface area (Å²) < 4.78 is 43.6. The van der Waals surface area contributed by atoms with E-state index in [9.17, 15) is 19.2 Å². The van der Waals surface area contributed by atoms with Crippen LogP contribution in [0.5, 0.6) is 0 Å². The van der Waals surface area contributed by atoms with E-state index in [1.165, 1.54) is 0 Å². The minimum atomic E-state index is -2.71. The van der Waals surface area contributed by atoms with E-state index in [1.54, 1.807) is 60.7 Å². The van der Waals surface area contributed by atoms with Crippen LogP contribution in [0.4, 0.5) is 0 Å². The first kappa shape index (κ1) is 48.5. The van der Waals surface area contributed by atoms with Crippen molar-refractivity contribution < 1.29 is 50.5 Å². The first-order valence-corrected chi connectivity index (χ1v) is 31.4. The normalized spacial score (nSPS) is 15.3. The molecule has 0 radical (unpaired) electrons. The number of rotatable bonds is 28. The molecule has 0 spiro atoms. The summed E-state index contributed by atoms with van der Waals surface area (Å²) in [5.74, 6) is -3.06. The molecule has 0 fully saturated rings. The monoisotopic (exact) mass is 834 g/mol. The summed E-state index contributed by atoms with van der Waals surface area (Å²) in [7, 11) is -9.39. The van der Waals surface area contributed by atoms with Gasteiger partial charge in [-0.25, -0.2) is 9.59 Å². The van der Waals surface area contributed by atoms with E-state index in [-0.39, 0.29) is 25.0 Å². The van der Waals surface area contributed by atoms with Crippen molar-refractivity contribution in [3.8, 4) is 0 Å². The first-order valence-electron chi connectivity index (χ1n) is 19.6. The van der Waals surface area contributed by atoms with Gasteiger partial charge in [0.25, 0.3) is 11.6 Å². The van der Waals surface area contributed by atoms with Gasteiger partial charge in [0, 0.05) is 36.2 Å². The number of ketones is 2. The van der Waals surface area contributed by atoms with Gasteiger partial charge in [-0.2, -0.15) is 0 Å². The van der Waals surface area contributed by atoms with Crippen molar-refractivity contribution in [2.75, 3.05) is 39.6 Å². The van der Waals surface area contributed by atoms with Crippen molar-refractivity contribution >= 4 is 57.3 Å². The van der Waals surface area contributed by atoms with Gasteiger partial charge in [0.2, 0.25) is 0 Å². The molecule has 2 rings (SSSR count). The predicted molar refractivity (Wildman–Crippen MR) is 225 cm³/mol. The first-order chi connectivity index (χ1) is 25.8. The lowest BCUT2D eigenvalue weighted by Gasteiger charge is -2.43. The van der Waals surface area contributed by atoms with Gasteiger partial charge in [-0.15, -0.1) is 0 Å². The van der Waals surface area contributed by atoms with Crippen LogP contribution in [0.25, 0.3) is 0 Å². The number of Topliss-reactive ketones (excluding diaryl/α,β-unsaturated/α-hetero) is 2. The second-order valence-corrected chi connectivity index (χ2v) is 32.7. The minimum Gasteiger partial charge on any atom is -0.459 e. The molecule has 55 heavy (non-hydrogen) atoms. The summed E-state index contributed by atoms with van der Waals surface area (Å²) in [5.41, 5.74) is 0.623. The molecule has 0 aliphatic heterocycles. The third-order valence-corrected chi connectivity index (χ3v) is 22.9. The molecule has 0 aliphatic carbocycles. The fraction of sp³-hybridized carbons (Fsp3) is 0.600. The summed E-state index contributed by atoms with van der Waals surface area (Å²) in [6, 6.07) is 18.3. The molecule has 4 unspecified atom stereocenters. The van der Waals surface area contributed by atoms with Crippen LogP contribution in [0, 0.1) is 11.8 Å². The molecule has 2 aromatic rings. The van der Waals surface area contributed by atoms with Crippen molar-refractivity contribution in [1.82, 2.24) is 0 Å². The Kier molecular flexibility index (Phi) is 20.8. The van der Waals surface area contributed by atoms with Crippen molar-refractivity contribution in [3.63, 3.8) is 0 Å².